The number of carbonyl (C=O) groups is 1. The van der Waals surface area contributed by atoms with E-state index < -0.39 is 0 Å². The first-order chi connectivity index (χ1) is 8.81. The average Bonchev–Trinajstić information content (AvgIpc) is 2.45. The highest BCUT2D eigenvalue weighted by atomic mass is 16.6. The molecule has 2 rings (SSSR count). The van der Waals surface area contributed by atoms with Gasteiger partial charge in [-0.1, -0.05) is 30.3 Å². The third-order valence-electron chi connectivity index (χ3n) is 3.34. The molecule has 0 aromatic heterocycles. The minimum absolute atomic E-state index is 0.141. The van der Waals surface area contributed by atoms with Gasteiger partial charge in [0.15, 0.2) is 0 Å². The maximum atomic E-state index is 12.0. The van der Waals surface area contributed by atoms with Crippen LogP contribution in [-0.2, 0) is 11.3 Å². The van der Waals surface area contributed by atoms with Gasteiger partial charge in [0, 0.05) is 19.1 Å². The minimum atomic E-state index is -0.242. The van der Waals surface area contributed by atoms with Crippen LogP contribution in [0.1, 0.15) is 24.8 Å². The number of rotatable bonds is 3. The van der Waals surface area contributed by atoms with Gasteiger partial charge < -0.3 is 15.4 Å². The number of ether oxygens (including phenoxy) is 1. The fourth-order valence-corrected chi connectivity index (χ4v) is 2.29. The molecular formula is C14H20N2O2. The molecule has 1 aromatic rings. The van der Waals surface area contributed by atoms with E-state index in [2.05, 4.69) is 0 Å². The Morgan fingerprint density at radius 1 is 1.33 bits per heavy atom. The Morgan fingerprint density at radius 3 is 2.83 bits per heavy atom. The molecule has 1 saturated heterocycles. The molecule has 4 heteroatoms. The summed E-state index contributed by atoms with van der Waals surface area (Å²) >= 11 is 0. The van der Waals surface area contributed by atoms with E-state index in [9.17, 15) is 4.79 Å². The molecule has 1 aromatic carbocycles. The zero-order valence-electron chi connectivity index (χ0n) is 10.5. The molecule has 0 bridgehead atoms. The van der Waals surface area contributed by atoms with Crippen molar-refractivity contribution in [2.45, 2.75) is 31.9 Å². The van der Waals surface area contributed by atoms with E-state index in [4.69, 9.17) is 10.5 Å². The summed E-state index contributed by atoms with van der Waals surface area (Å²) in [6.07, 6.45) is 2.92. The number of likely N-dealkylation sites (tertiary alicyclic amines) is 1. The zero-order valence-corrected chi connectivity index (χ0v) is 10.5. The molecule has 0 radical (unpaired) electrons. The van der Waals surface area contributed by atoms with Crippen molar-refractivity contribution < 1.29 is 9.53 Å². The molecule has 1 amide bonds. The SMILES string of the molecule is NC[C@H]1CCCCN1C(=O)OCc1ccccc1. The van der Waals surface area contributed by atoms with Crippen molar-refractivity contribution in [1.82, 2.24) is 4.90 Å². The highest BCUT2D eigenvalue weighted by Gasteiger charge is 2.26. The number of hydrogen-bond acceptors (Lipinski definition) is 3. The van der Waals surface area contributed by atoms with Crippen molar-refractivity contribution in [3.63, 3.8) is 0 Å². The summed E-state index contributed by atoms with van der Waals surface area (Å²) in [6.45, 7) is 1.60. The standard InChI is InChI=1S/C14H20N2O2/c15-10-13-8-4-5-9-16(13)14(17)18-11-12-6-2-1-3-7-12/h1-3,6-7,13H,4-5,8-11,15H2/t13-/m1/s1. The van der Waals surface area contributed by atoms with E-state index in [-0.39, 0.29) is 12.1 Å². The van der Waals surface area contributed by atoms with Crippen molar-refractivity contribution in [1.29, 1.82) is 0 Å². The summed E-state index contributed by atoms with van der Waals surface area (Å²) in [7, 11) is 0. The second kappa shape index (κ2) is 6.40. The van der Waals surface area contributed by atoms with Crippen molar-refractivity contribution in [2.75, 3.05) is 13.1 Å². The Kier molecular flexibility index (Phi) is 4.59. The topological polar surface area (TPSA) is 55.6 Å². The third-order valence-corrected chi connectivity index (χ3v) is 3.34. The van der Waals surface area contributed by atoms with Gasteiger partial charge in [0.05, 0.1) is 0 Å². The first-order valence-corrected chi connectivity index (χ1v) is 6.48. The Bertz CT molecular complexity index is 381. The van der Waals surface area contributed by atoms with E-state index >= 15 is 0 Å². The number of nitrogens with two attached hydrogens (primary N) is 1. The largest absolute Gasteiger partial charge is 0.445 e. The van der Waals surface area contributed by atoms with Gasteiger partial charge in [-0.05, 0) is 24.8 Å². The Labute approximate surface area is 108 Å². The normalized spacial score (nSPS) is 19.6. The van der Waals surface area contributed by atoms with Crippen LogP contribution in [0.25, 0.3) is 0 Å². The summed E-state index contributed by atoms with van der Waals surface area (Å²) in [4.78, 5) is 13.8. The molecule has 0 unspecified atom stereocenters. The molecule has 1 fully saturated rings. The van der Waals surface area contributed by atoms with Crippen LogP contribution in [-0.4, -0.2) is 30.1 Å². The predicted molar refractivity (Wildman–Crippen MR) is 70.0 cm³/mol. The number of carbonyl (C=O) groups excluding carboxylic acids is 1. The van der Waals surface area contributed by atoms with Gasteiger partial charge in [-0.2, -0.15) is 0 Å². The summed E-state index contributed by atoms with van der Waals surface area (Å²) in [6, 6.07) is 9.86. The monoisotopic (exact) mass is 248 g/mol. The third kappa shape index (κ3) is 3.23. The van der Waals surface area contributed by atoms with Crippen LogP contribution in [0.2, 0.25) is 0 Å². The molecule has 0 spiro atoms. The predicted octanol–water partition coefficient (Wildman–Crippen LogP) is 2.14. The van der Waals surface area contributed by atoms with Gasteiger partial charge in [0.1, 0.15) is 6.61 Å². The Morgan fingerprint density at radius 2 is 2.11 bits per heavy atom. The van der Waals surface area contributed by atoms with E-state index in [0.717, 1.165) is 31.4 Å². The molecule has 1 aliphatic rings. The van der Waals surface area contributed by atoms with E-state index in [1.54, 1.807) is 4.90 Å². The number of benzene rings is 1. The molecule has 98 valence electrons. The van der Waals surface area contributed by atoms with Crippen molar-refractivity contribution in [2.24, 2.45) is 5.73 Å². The number of amides is 1. The fourth-order valence-electron chi connectivity index (χ4n) is 2.29. The molecular weight excluding hydrogens is 228 g/mol. The van der Waals surface area contributed by atoms with Gasteiger partial charge in [-0.3, -0.25) is 0 Å². The van der Waals surface area contributed by atoms with Crippen LogP contribution in [0.3, 0.4) is 0 Å². The van der Waals surface area contributed by atoms with Crippen LogP contribution in [0.15, 0.2) is 30.3 Å². The lowest BCUT2D eigenvalue weighted by molar-refractivity contribution is 0.0699. The summed E-state index contributed by atoms with van der Waals surface area (Å²) < 4.78 is 5.33. The summed E-state index contributed by atoms with van der Waals surface area (Å²) in [5, 5.41) is 0. The lowest BCUT2D eigenvalue weighted by Gasteiger charge is -2.34. The van der Waals surface area contributed by atoms with Crippen LogP contribution < -0.4 is 5.73 Å². The molecule has 4 nitrogen and oxygen atoms in total. The van der Waals surface area contributed by atoms with Crippen LogP contribution in [0.4, 0.5) is 4.79 Å². The van der Waals surface area contributed by atoms with Crippen molar-refractivity contribution in [3.05, 3.63) is 35.9 Å². The maximum absolute atomic E-state index is 12.0. The van der Waals surface area contributed by atoms with Gasteiger partial charge in [0.2, 0.25) is 0 Å². The van der Waals surface area contributed by atoms with Gasteiger partial charge in [-0.25, -0.2) is 4.79 Å². The summed E-state index contributed by atoms with van der Waals surface area (Å²) in [5.41, 5.74) is 6.70. The fraction of sp³-hybridized carbons (Fsp3) is 0.500. The van der Waals surface area contributed by atoms with E-state index in [0.29, 0.717) is 13.2 Å². The highest BCUT2D eigenvalue weighted by molar-refractivity contribution is 5.68. The zero-order chi connectivity index (χ0) is 12.8. The second-order valence-corrected chi connectivity index (χ2v) is 4.62. The van der Waals surface area contributed by atoms with E-state index in [1.165, 1.54) is 0 Å². The molecule has 1 aliphatic heterocycles. The Hall–Kier alpha value is -1.55. The number of hydrogen-bond donors (Lipinski definition) is 1. The van der Waals surface area contributed by atoms with Crippen molar-refractivity contribution >= 4 is 6.09 Å². The molecule has 1 heterocycles. The smallest absolute Gasteiger partial charge is 0.410 e. The quantitative estimate of drug-likeness (QED) is 0.891. The lowest BCUT2D eigenvalue weighted by atomic mass is 10.0. The van der Waals surface area contributed by atoms with Crippen LogP contribution in [0.5, 0.6) is 0 Å². The van der Waals surface area contributed by atoms with Gasteiger partial charge in [0.25, 0.3) is 0 Å². The second-order valence-electron chi connectivity index (χ2n) is 4.62. The molecule has 0 aliphatic carbocycles. The first kappa shape index (κ1) is 12.9. The maximum Gasteiger partial charge on any atom is 0.410 e. The van der Waals surface area contributed by atoms with Crippen molar-refractivity contribution in [3.8, 4) is 0 Å². The van der Waals surface area contributed by atoms with Gasteiger partial charge >= 0.3 is 6.09 Å². The minimum Gasteiger partial charge on any atom is -0.445 e. The van der Waals surface area contributed by atoms with Crippen LogP contribution in [0, 0.1) is 0 Å². The lowest BCUT2D eigenvalue weighted by Crippen LogP contribution is -2.47. The molecule has 1 atom stereocenters. The average molecular weight is 248 g/mol. The van der Waals surface area contributed by atoms with E-state index in [1.807, 2.05) is 30.3 Å². The summed E-state index contributed by atoms with van der Waals surface area (Å²) in [5.74, 6) is 0. The number of piperidine rings is 1. The molecule has 0 saturated carbocycles. The first-order valence-electron chi connectivity index (χ1n) is 6.48. The molecule has 18 heavy (non-hydrogen) atoms. The molecule has 2 N–H and O–H groups in total. The van der Waals surface area contributed by atoms with Crippen LogP contribution >= 0.6 is 0 Å². The van der Waals surface area contributed by atoms with Gasteiger partial charge in [-0.15, -0.1) is 0 Å². The highest BCUT2D eigenvalue weighted by Crippen LogP contribution is 2.17. The Balaban J connectivity index is 1.87. The number of nitrogens with zero attached hydrogens (tertiary/aromatic N) is 1.